The zero-order valence-corrected chi connectivity index (χ0v) is 20.3. The van der Waals surface area contributed by atoms with Crippen molar-refractivity contribution in [2.24, 2.45) is 5.92 Å². The van der Waals surface area contributed by atoms with Gasteiger partial charge >= 0.3 is 0 Å². The van der Waals surface area contributed by atoms with Crippen molar-refractivity contribution in [1.29, 1.82) is 0 Å². The molecule has 35 heavy (non-hydrogen) atoms. The van der Waals surface area contributed by atoms with Crippen molar-refractivity contribution in [2.45, 2.75) is 24.8 Å². The Kier molecular flexibility index (Phi) is 6.88. The van der Waals surface area contributed by atoms with Crippen molar-refractivity contribution in [3.8, 4) is 10.6 Å². The van der Waals surface area contributed by atoms with Gasteiger partial charge in [0, 0.05) is 22.9 Å². The largest absolute Gasteiger partial charge is 0.344 e. The summed E-state index contributed by atoms with van der Waals surface area (Å²) in [6.07, 6.45) is 1.17. The van der Waals surface area contributed by atoms with E-state index in [1.54, 1.807) is 12.1 Å². The number of hydrogen-bond donors (Lipinski definition) is 2. The summed E-state index contributed by atoms with van der Waals surface area (Å²) in [7, 11) is 0. The molecule has 0 aliphatic heterocycles. The smallest absolute Gasteiger partial charge is 0.249 e. The normalized spacial score (nSPS) is 17.4. The fraction of sp³-hybridized carbons (Fsp3) is 0.185. The highest BCUT2D eigenvalue weighted by Crippen LogP contribution is 2.47. The predicted octanol–water partition coefficient (Wildman–Crippen LogP) is 5.33. The van der Waals surface area contributed by atoms with Gasteiger partial charge in [-0.25, -0.2) is 0 Å². The molecule has 1 fully saturated rings. The molecular weight excluding hydrogens is 480 g/mol. The molecule has 1 heterocycles. The lowest BCUT2D eigenvalue weighted by atomic mass is 10.0. The minimum Gasteiger partial charge on any atom is -0.344 e. The van der Waals surface area contributed by atoms with Crippen LogP contribution in [0.2, 0.25) is 5.02 Å². The molecule has 1 saturated carbocycles. The molecule has 3 atom stereocenters. The second kappa shape index (κ2) is 10.4. The molecule has 0 bridgehead atoms. The fourth-order valence-electron chi connectivity index (χ4n) is 4.07. The van der Waals surface area contributed by atoms with E-state index in [4.69, 9.17) is 11.6 Å². The van der Waals surface area contributed by atoms with Crippen molar-refractivity contribution in [3.05, 3.63) is 101 Å². The van der Waals surface area contributed by atoms with E-state index in [1.807, 2.05) is 72.8 Å². The molecule has 0 saturated heterocycles. The first-order valence-corrected chi connectivity index (χ1v) is 12.6. The number of rotatable bonds is 8. The van der Waals surface area contributed by atoms with E-state index < -0.39 is 6.04 Å². The molecule has 4 aromatic rings. The number of nitrogens with one attached hydrogen (secondary N) is 2. The highest BCUT2D eigenvalue weighted by Gasteiger charge is 2.44. The standard InChI is InChI=1S/C27H23ClN4O2S/c28-20-13-11-19(12-14-20)26-31-32-27(35-26)30-25(34)23(15-17-7-3-1-4-8-17)29-24(33)22-16-21(22)18-9-5-2-6-10-18/h1-14,21-23H,15-16H2,(H,29,33)(H,30,32,34)/t21-,22+,23+/m0/s1. The van der Waals surface area contributed by atoms with Gasteiger partial charge in [0.15, 0.2) is 0 Å². The third-order valence-corrected chi connectivity index (χ3v) is 7.16. The summed E-state index contributed by atoms with van der Waals surface area (Å²) < 4.78 is 0. The van der Waals surface area contributed by atoms with Crippen LogP contribution < -0.4 is 10.6 Å². The summed E-state index contributed by atoms with van der Waals surface area (Å²) in [5.74, 6) is -0.352. The zero-order chi connectivity index (χ0) is 24.2. The van der Waals surface area contributed by atoms with Gasteiger partial charge in [-0.3, -0.25) is 14.9 Å². The molecule has 5 rings (SSSR count). The first-order valence-electron chi connectivity index (χ1n) is 11.4. The Bertz CT molecular complexity index is 1310. The maximum absolute atomic E-state index is 13.2. The van der Waals surface area contributed by atoms with Gasteiger partial charge in [0.1, 0.15) is 11.0 Å². The van der Waals surface area contributed by atoms with Crippen LogP contribution in [0.5, 0.6) is 0 Å². The highest BCUT2D eigenvalue weighted by atomic mass is 35.5. The summed E-state index contributed by atoms with van der Waals surface area (Å²) in [6.45, 7) is 0. The lowest BCUT2D eigenvalue weighted by Gasteiger charge is -2.18. The number of halogens is 1. The van der Waals surface area contributed by atoms with Crippen molar-refractivity contribution >= 4 is 39.9 Å². The Morgan fingerprint density at radius 3 is 2.34 bits per heavy atom. The van der Waals surface area contributed by atoms with Gasteiger partial charge in [0.2, 0.25) is 16.9 Å². The Hall–Kier alpha value is -3.55. The molecule has 0 spiro atoms. The van der Waals surface area contributed by atoms with Crippen molar-refractivity contribution in [3.63, 3.8) is 0 Å². The second-order valence-electron chi connectivity index (χ2n) is 8.52. The number of hydrogen-bond acceptors (Lipinski definition) is 5. The molecule has 1 aliphatic carbocycles. The van der Waals surface area contributed by atoms with E-state index >= 15 is 0 Å². The second-order valence-corrected chi connectivity index (χ2v) is 9.93. The van der Waals surface area contributed by atoms with Gasteiger partial charge in [0.05, 0.1) is 0 Å². The van der Waals surface area contributed by atoms with Crippen molar-refractivity contribution in [1.82, 2.24) is 15.5 Å². The highest BCUT2D eigenvalue weighted by molar-refractivity contribution is 7.18. The topological polar surface area (TPSA) is 84.0 Å². The number of anilines is 1. The summed E-state index contributed by atoms with van der Waals surface area (Å²) >= 11 is 7.23. The van der Waals surface area contributed by atoms with Crippen molar-refractivity contribution in [2.75, 3.05) is 5.32 Å². The van der Waals surface area contributed by atoms with E-state index in [-0.39, 0.29) is 23.7 Å². The lowest BCUT2D eigenvalue weighted by Crippen LogP contribution is -2.46. The molecule has 6 nitrogen and oxygen atoms in total. The number of amides is 2. The fourth-order valence-corrected chi connectivity index (χ4v) is 4.94. The Morgan fingerprint density at radius 2 is 1.63 bits per heavy atom. The number of aromatic nitrogens is 2. The number of benzene rings is 3. The summed E-state index contributed by atoms with van der Waals surface area (Å²) in [5, 5.41) is 15.8. The van der Waals surface area contributed by atoms with Crippen LogP contribution in [0.25, 0.3) is 10.6 Å². The zero-order valence-electron chi connectivity index (χ0n) is 18.7. The number of nitrogens with zero attached hydrogens (tertiary/aromatic N) is 2. The summed E-state index contributed by atoms with van der Waals surface area (Å²) in [4.78, 5) is 26.3. The molecule has 2 amide bonds. The van der Waals surface area contributed by atoms with Crippen LogP contribution in [0.15, 0.2) is 84.9 Å². The molecule has 0 unspecified atom stereocenters. The molecule has 2 N–H and O–H groups in total. The van der Waals surface area contributed by atoms with Crippen LogP contribution in [-0.2, 0) is 16.0 Å². The Labute approximate surface area is 212 Å². The van der Waals surface area contributed by atoms with E-state index in [9.17, 15) is 9.59 Å². The molecular formula is C27H23ClN4O2S. The van der Waals surface area contributed by atoms with Gasteiger partial charge in [0.25, 0.3) is 0 Å². The Balaban J connectivity index is 1.28. The monoisotopic (exact) mass is 502 g/mol. The third-order valence-electron chi connectivity index (χ3n) is 6.02. The molecule has 1 aliphatic rings. The molecule has 8 heteroatoms. The van der Waals surface area contributed by atoms with Crippen LogP contribution >= 0.6 is 22.9 Å². The predicted molar refractivity (Wildman–Crippen MR) is 138 cm³/mol. The minimum absolute atomic E-state index is 0.103. The van der Waals surface area contributed by atoms with E-state index in [2.05, 4.69) is 20.8 Å². The maximum Gasteiger partial charge on any atom is 0.249 e. The van der Waals surface area contributed by atoms with Gasteiger partial charge in [-0.05, 0) is 35.6 Å². The SMILES string of the molecule is O=C(Nc1nnc(-c2ccc(Cl)cc2)s1)[C@@H](Cc1ccccc1)NC(=O)[C@@H]1C[C@H]1c1ccccc1. The average molecular weight is 503 g/mol. The summed E-state index contributed by atoms with van der Waals surface area (Å²) in [6, 6.07) is 26.2. The third kappa shape index (κ3) is 5.75. The van der Waals surface area contributed by atoms with Gasteiger partial charge < -0.3 is 5.32 Å². The first-order chi connectivity index (χ1) is 17.1. The number of carbonyl (C=O) groups is 2. The van der Waals surface area contributed by atoms with Gasteiger partial charge in [-0.15, -0.1) is 10.2 Å². The van der Waals surface area contributed by atoms with E-state index in [1.165, 1.54) is 11.3 Å². The minimum atomic E-state index is -0.732. The van der Waals surface area contributed by atoms with E-state index in [0.717, 1.165) is 23.1 Å². The van der Waals surface area contributed by atoms with Gasteiger partial charge in [-0.1, -0.05) is 95.7 Å². The van der Waals surface area contributed by atoms with Crippen LogP contribution in [0.4, 0.5) is 5.13 Å². The molecule has 3 aromatic carbocycles. The molecule has 1 aromatic heterocycles. The average Bonchev–Trinajstić information content (AvgIpc) is 3.57. The molecule has 176 valence electrons. The van der Waals surface area contributed by atoms with E-state index in [0.29, 0.717) is 21.6 Å². The number of carbonyl (C=O) groups excluding carboxylic acids is 2. The van der Waals surface area contributed by atoms with Crippen LogP contribution in [0.3, 0.4) is 0 Å². The van der Waals surface area contributed by atoms with Crippen LogP contribution in [0.1, 0.15) is 23.5 Å². The molecule has 0 radical (unpaired) electrons. The maximum atomic E-state index is 13.2. The van der Waals surface area contributed by atoms with Crippen LogP contribution in [0, 0.1) is 5.92 Å². The van der Waals surface area contributed by atoms with Crippen molar-refractivity contribution < 1.29 is 9.59 Å². The summed E-state index contributed by atoms with van der Waals surface area (Å²) in [5.41, 5.74) is 2.98. The lowest BCUT2D eigenvalue weighted by molar-refractivity contribution is -0.127. The van der Waals surface area contributed by atoms with Gasteiger partial charge in [-0.2, -0.15) is 0 Å². The first kappa shape index (κ1) is 23.2. The Morgan fingerprint density at radius 1 is 0.943 bits per heavy atom. The van der Waals surface area contributed by atoms with Crippen LogP contribution in [-0.4, -0.2) is 28.1 Å². The quantitative estimate of drug-likeness (QED) is 0.341.